The van der Waals surface area contributed by atoms with Gasteiger partial charge in [0.25, 0.3) is 0 Å². The number of carbonyl (C=O) groups is 6. The Labute approximate surface area is 456 Å². The lowest BCUT2D eigenvalue weighted by Crippen LogP contribution is -2.44. The van der Waals surface area contributed by atoms with Gasteiger partial charge in [0.05, 0.1) is 27.0 Å². The number of hydrogen-bond donors (Lipinski definition) is 0. The molecular formula is C58H68N4O17. The van der Waals surface area contributed by atoms with Crippen molar-refractivity contribution >= 4 is 58.1 Å². The molecule has 3 saturated heterocycles. The molecule has 3 fully saturated rings. The van der Waals surface area contributed by atoms with Crippen molar-refractivity contribution in [1.82, 2.24) is 19.3 Å². The lowest BCUT2D eigenvalue weighted by atomic mass is 9.91. The van der Waals surface area contributed by atoms with Crippen molar-refractivity contribution in [3.63, 3.8) is 0 Å². The first-order valence-corrected chi connectivity index (χ1v) is 26.5. The number of aromatic nitrogens is 1. The third-order valence-corrected chi connectivity index (χ3v) is 14.0. The lowest BCUT2D eigenvalue weighted by molar-refractivity contribution is -0.140. The largest absolute Gasteiger partial charge is 0.493 e. The molecule has 3 aromatic carbocycles. The Kier molecular flexibility index (Phi) is 15.1. The van der Waals surface area contributed by atoms with E-state index in [2.05, 4.69) is 0 Å². The summed E-state index contributed by atoms with van der Waals surface area (Å²) < 4.78 is 60.5. The number of likely N-dealkylation sites (tertiary alicyclic amines) is 3. The molecule has 79 heavy (non-hydrogen) atoms. The summed E-state index contributed by atoms with van der Waals surface area (Å²) in [6.45, 7) is 16.9. The van der Waals surface area contributed by atoms with Crippen LogP contribution < -0.4 is 34.0 Å². The Morgan fingerprint density at radius 2 is 0.975 bits per heavy atom. The molecule has 0 radical (unpaired) electrons. The maximum Gasteiger partial charge on any atom is 0.411 e. The van der Waals surface area contributed by atoms with Gasteiger partial charge in [-0.1, -0.05) is 6.07 Å². The highest BCUT2D eigenvalue weighted by Gasteiger charge is 2.42. The van der Waals surface area contributed by atoms with Gasteiger partial charge in [0.1, 0.15) is 46.0 Å². The average molecular weight is 1090 g/mol. The van der Waals surface area contributed by atoms with Gasteiger partial charge >= 0.3 is 41.8 Å². The molecule has 2 aromatic heterocycles. The third-order valence-electron chi connectivity index (χ3n) is 14.0. The van der Waals surface area contributed by atoms with Gasteiger partial charge in [0.15, 0.2) is 34.5 Å². The van der Waals surface area contributed by atoms with Crippen molar-refractivity contribution in [1.29, 1.82) is 0 Å². The van der Waals surface area contributed by atoms with Gasteiger partial charge < -0.3 is 51.6 Å². The Morgan fingerprint density at radius 1 is 0.532 bits per heavy atom. The quantitative estimate of drug-likeness (QED) is 0.0548. The number of carbonyl (C=O) groups excluding carboxylic acids is 6. The monoisotopic (exact) mass is 1090 g/mol. The van der Waals surface area contributed by atoms with E-state index in [1.54, 1.807) is 98.7 Å². The molecular weight excluding hydrogens is 1020 g/mol. The number of fused-ring (bicyclic) bond motifs is 7. The molecule has 422 valence electrons. The number of methoxy groups -OCH3 is 3. The van der Waals surface area contributed by atoms with Crippen LogP contribution in [0.1, 0.15) is 106 Å². The number of ether oxygens (including phenoxy) is 9. The smallest absolute Gasteiger partial charge is 0.411 e. The van der Waals surface area contributed by atoms with Crippen LogP contribution >= 0.6 is 0 Å². The molecule has 21 heteroatoms. The van der Waals surface area contributed by atoms with Gasteiger partial charge in [-0.2, -0.15) is 0 Å². The first-order valence-electron chi connectivity index (χ1n) is 26.5. The number of rotatable bonds is 10. The van der Waals surface area contributed by atoms with E-state index in [0.29, 0.717) is 91.2 Å². The van der Waals surface area contributed by atoms with Crippen LogP contribution in [0.3, 0.4) is 0 Å². The van der Waals surface area contributed by atoms with Crippen molar-refractivity contribution in [2.75, 3.05) is 41.0 Å². The normalized spacial score (nSPS) is 18.2. The summed E-state index contributed by atoms with van der Waals surface area (Å²) in [6.07, 6.45) is 1.21. The van der Waals surface area contributed by atoms with Crippen LogP contribution in [-0.4, -0.2) is 131 Å². The van der Waals surface area contributed by atoms with E-state index in [1.807, 2.05) is 4.57 Å². The van der Waals surface area contributed by atoms with Gasteiger partial charge in [-0.15, -0.1) is 0 Å². The maximum atomic E-state index is 14.7. The lowest BCUT2D eigenvalue weighted by Gasteiger charge is -2.28. The minimum absolute atomic E-state index is 0.0386. The summed E-state index contributed by atoms with van der Waals surface area (Å²) in [5, 5.41) is 0.809. The predicted molar refractivity (Wildman–Crippen MR) is 287 cm³/mol. The van der Waals surface area contributed by atoms with Crippen LogP contribution in [0.4, 0.5) is 14.4 Å². The molecule has 3 amide bonds. The number of hydrogen-bond acceptors (Lipinski definition) is 17. The second kappa shape index (κ2) is 21.3. The van der Waals surface area contributed by atoms with E-state index in [-0.39, 0.29) is 58.7 Å². The minimum atomic E-state index is -0.954. The summed E-state index contributed by atoms with van der Waals surface area (Å²) in [4.78, 5) is 100. The predicted octanol–water partition coefficient (Wildman–Crippen LogP) is 9.58. The first kappa shape index (κ1) is 55.8. The van der Waals surface area contributed by atoms with Crippen LogP contribution in [0.25, 0.3) is 44.3 Å². The molecule has 3 atom stereocenters. The Balaban J connectivity index is 1.16. The first-order chi connectivity index (χ1) is 37.3. The van der Waals surface area contributed by atoms with Crippen LogP contribution in [0.5, 0.6) is 34.5 Å². The summed E-state index contributed by atoms with van der Waals surface area (Å²) in [5.41, 5.74) is 0.0339. The topological polar surface area (TPSA) is 230 Å². The molecule has 4 aliphatic heterocycles. The molecule has 0 spiro atoms. The second-order valence-electron chi connectivity index (χ2n) is 23.0. The van der Waals surface area contributed by atoms with Gasteiger partial charge in [-0.3, -0.25) is 14.7 Å². The minimum Gasteiger partial charge on any atom is -0.493 e. The Hall–Kier alpha value is -7.97. The van der Waals surface area contributed by atoms with E-state index in [4.69, 9.17) is 47.0 Å². The van der Waals surface area contributed by atoms with E-state index in [0.717, 1.165) is 5.56 Å². The molecule has 4 aliphatic rings. The Bertz CT molecular complexity index is 3340. The molecule has 1 unspecified atom stereocenters. The average Bonchev–Trinajstić information content (AvgIpc) is 4.38. The molecule has 0 N–H and O–H groups in total. The number of aryl methyl sites for hydroxylation is 2. The highest BCUT2D eigenvalue weighted by Crippen LogP contribution is 2.50. The van der Waals surface area contributed by atoms with E-state index in [1.165, 1.54) is 42.1 Å². The van der Waals surface area contributed by atoms with Crippen LogP contribution in [0.2, 0.25) is 0 Å². The number of nitrogens with zero attached hydrogens (tertiary/aromatic N) is 4. The third kappa shape index (κ3) is 11.3. The van der Waals surface area contributed by atoms with Crippen molar-refractivity contribution < 1.29 is 75.8 Å². The number of benzene rings is 3. The molecule has 0 saturated carbocycles. The standard InChI is InChI=1S/C58H68N4O17/c1-56(2,3)77-53(67)59-22-13-16-35(59)49(63)73-38-20-19-32(27-40(38)70-10)45-46-34-29-42(72-12)44(76-51(65)37-18-15-24-61(37)55(69)79-58(7,8)9)30-39(34)74-52(66)48(46)62-25-21-31-26-43(41(71-11)28-33(31)47(45)62)75-50(64)36-17-14-23-60(36)54(68)78-57(4,5)6/h19-20,26-30,35-37H,13-18,21-25H2,1-12H3/t35-,36-,37?/m0/s1. The maximum absolute atomic E-state index is 14.7. The summed E-state index contributed by atoms with van der Waals surface area (Å²) in [5.74, 6) is -1.50. The van der Waals surface area contributed by atoms with Crippen LogP contribution in [0, 0.1) is 0 Å². The van der Waals surface area contributed by atoms with Crippen LogP contribution in [0.15, 0.2) is 51.7 Å². The molecule has 6 heterocycles. The fraction of sp³-hybridized carbons (Fsp3) is 0.500. The highest BCUT2D eigenvalue weighted by atomic mass is 16.6. The summed E-state index contributed by atoms with van der Waals surface area (Å²) in [7, 11) is 4.26. The molecule has 0 bridgehead atoms. The van der Waals surface area contributed by atoms with Crippen molar-refractivity contribution in [3.8, 4) is 56.9 Å². The van der Waals surface area contributed by atoms with E-state index in [9.17, 15) is 33.6 Å². The number of amides is 3. The molecule has 0 aliphatic carbocycles. The van der Waals surface area contributed by atoms with Gasteiger partial charge in [-0.05, 0) is 149 Å². The Morgan fingerprint density at radius 3 is 1.44 bits per heavy atom. The molecule has 21 nitrogen and oxygen atoms in total. The zero-order chi connectivity index (χ0) is 57.0. The SMILES string of the molecule is COc1cc2c(cc1OC(=O)C1CCCN1C(=O)OC(C)(C)C)oc(=O)c1c2c(-c2ccc(OC(=O)[C@@H]3CCCN3C(=O)OC(C)(C)C)c(OC)c2)c2n1CCc1cc(OC(=O)[C@@H]3CCCN3C(=O)OC(C)(C)C)c(OC)cc1-2. The van der Waals surface area contributed by atoms with Crippen molar-refractivity contribution in [2.45, 2.75) is 149 Å². The van der Waals surface area contributed by atoms with Gasteiger partial charge in [-0.25, -0.2) is 33.6 Å². The van der Waals surface area contributed by atoms with Gasteiger partial charge in [0.2, 0.25) is 0 Å². The second-order valence-corrected chi connectivity index (χ2v) is 23.0. The molecule has 9 rings (SSSR count). The fourth-order valence-electron chi connectivity index (χ4n) is 10.7. The zero-order valence-electron chi connectivity index (χ0n) is 46.8. The van der Waals surface area contributed by atoms with E-state index >= 15 is 0 Å². The summed E-state index contributed by atoms with van der Waals surface area (Å²) in [6, 6.07) is 8.65. The zero-order valence-corrected chi connectivity index (χ0v) is 46.8. The van der Waals surface area contributed by atoms with Crippen molar-refractivity contribution in [2.24, 2.45) is 0 Å². The molecule has 5 aromatic rings. The fourth-order valence-corrected chi connectivity index (χ4v) is 10.7. The van der Waals surface area contributed by atoms with Crippen LogP contribution in [-0.2, 0) is 41.6 Å². The number of esters is 3. The van der Waals surface area contributed by atoms with Gasteiger partial charge in [0, 0.05) is 54.1 Å². The summed E-state index contributed by atoms with van der Waals surface area (Å²) >= 11 is 0. The highest BCUT2D eigenvalue weighted by molar-refractivity contribution is 6.17. The van der Waals surface area contributed by atoms with Crippen molar-refractivity contribution in [3.05, 3.63) is 58.4 Å². The van der Waals surface area contributed by atoms with E-state index < -0.39 is 76.7 Å².